The normalized spacial score (nSPS) is 12.9. The second-order valence-electron chi connectivity index (χ2n) is 5.44. The minimum Gasteiger partial charge on any atom is -0.493 e. The van der Waals surface area contributed by atoms with E-state index in [4.69, 9.17) is 10.5 Å². The largest absolute Gasteiger partial charge is 0.493 e. The third-order valence-electron chi connectivity index (χ3n) is 4.06. The average Bonchev–Trinajstić information content (AvgIpc) is 2.89. The van der Waals surface area contributed by atoms with Crippen LogP contribution >= 0.6 is 0 Å². The molecule has 3 heteroatoms. The average molecular weight is 268 g/mol. The van der Waals surface area contributed by atoms with E-state index in [1.165, 1.54) is 16.7 Å². The van der Waals surface area contributed by atoms with Crippen molar-refractivity contribution in [2.75, 3.05) is 24.3 Å². The molecule has 0 atom stereocenters. The van der Waals surface area contributed by atoms with Crippen molar-refractivity contribution in [3.63, 3.8) is 0 Å². The number of hydrogen-bond acceptors (Lipinski definition) is 3. The molecule has 2 N–H and O–H groups in total. The lowest BCUT2D eigenvalue weighted by molar-refractivity contribution is 0.357. The maximum absolute atomic E-state index is 6.17. The molecule has 3 rings (SSSR count). The number of anilines is 3. The second-order valence-corrected chi connectivity index (χ2v) is 5.44. The van der Waals surface area contributed by atoms with Crippen molar-refractivity contribution in [2.24, 2.45) is 0 Å². The predicted octanol–water partition coefficient (Wildman–Crippen LogP) is 3.59. The van der Waals surface area contributed by atoms with Gasteiger partial charge in [-0.15, -0.1) is 0 Å². The molecule has 0 spiro atoms. The number of nitrogens with two attached hydrogens (primary N) is 1. The van der Waals surface area contributed by atoms with E-state index < -0.39 is 0 Å². The first-order valence-electron chi connectivity index (χ1n) is 6.92. The monoisotopic (exact) mass is 268 g/mol. The zero-order valence-corrected chi connectivity index (χ0v) is 12.2. The molecule has 0 amide bonds. The van der Waals surface area contributed by atoms with E-state index in [-0.39, 0.29) is 0 Å². The van der Waals surface area contributed by atoms with Crippen LogP contribution in [-0.2, 0) is 6.42 Å². The van der Waals surface area contributed by atoms with E-state index in [1.54, 1.807) is 0 Å². The summed E-state index contributed by atoms with van der Waals surface area (Å²) >= 11 is 0. The lowest BCUT2D eigenvalue weighted by atomic mass is 10.1. The number of ether oxygens (including phenoxy) is 1. The van der Waals surface area contributed by atoms with Crippen LogP contribution < -0.4 is 15.4 Å². The van der Waals surface area contributed by atoms with Crippen LogP contribution in [0.5, 0.6) is 5.75 Å². The van der Waals surface area contributed by atoms with Gasteiger partial charge in [0.05, 0.1) is 18.0 Å². The number of nitrogen functional groups attached to an aromatic ring is 1. The molecule has 3 nitrogen and oxygen atoms in total. The summed E-state index contributed by atoms with van der Waals surface area (Å²) in [6.07, 6.45) is 0.986. The Morgan fingerprint density at radius 2 is 1.85 bits per heavy atom. The van der Waals surface area contributed by atoms with Gasteiger partial charge in [-0.2, -0.15) is 0 Å². The molecule has 0 saturated carbocycles. The topological polar surface area (TPSA) is 38.5 Å². The molecule has 0 bridgehead atoms. The Labute approximate surface area is 120 Å². The molecule has 104 valence electrons. The highest BCUT2D eigenvalue weighted by Crippen LogP contribution is 2.35. The van der Waals surface area contributed by atoms with Crippen molar-refractivity contribution >= 4 is 17.1 Å². The number of nitrogens with zero attached hydrogens (tertiary/aromatic N) is 1. The molecule has 20 heavy (non-hydrogen) atoms. The van der Waals surface area contributed by atoms with Crippen molar-refractivity contribution in [1.82, 2.24) is 0 Å². The van der Waals surface area contributed by atoms with Crippen LogP contribution in [0.1, 0.15) is 16.7 Å². The quantitative estimate of drug-likeness (QED) is 0.846. The Morgan fingerprint density at radius 3 is 2.65 bits per heavy atom. The molecular formula is C17H20N2O. The van der Waals surface area contributed by atoms with Crippen LogP contribution in [-0.4, -0.2) is 13.7 Å². The number of fused-ring (bicyclic) bond motifs is 1. The summed E-state index contributed by atoms with van der Waals surface area (Å²) in [7, 11) is 2.05. The van der Waals surface area contributed by atoms with E-state index in [1.807, 2.05) is 12.1 Å². The fraction of sp³-hybridized carbons (Fsp3) is 0.294. The standard InChI is InChI=1S/C17H20N2O/c1-11-8-15(18)16(9-12(11)2)19(3)14-4-5-17-13(10-14)6-7-20-17/h4-5,8-10H,6-7,18H2,1-3H3. The van der Waals surface area contributed by atoms with Gasteiger partial charge in [0, 0.05) is 19.2 Å². The zero-order valence-electron chi connectivity index (χ0n) is 12.2. The molecule has 1 aliphatic rings. The Kier molecular flexibility index (Phi) is 3.05. The SMILES string of the molecule is Cc1cc(N)c(N(C)c2ccc3c(c2)CCO3)cc1C. The summed E-state index contributed by atoms with van der Waals surface area (Å²) in [5, 5.41) is 0. The lowest BCUT2D eigenvalue weighted by Crippen LogP contribution is -2.12. The summed E-state index contributed by atoms with van der Waals surface area (Å²) < 4.78 is 5.55. The summed E-state index contributed by atoms with van der Waals surface area (Å²) in [5.41, 5.74) is 12.9. The van der Waals surface area contributed by atoms with Gasteiger partial charge in [0.1, 0.15) is 5.75 Å². The highest BCUT2D eigenvalue weighted by atomic mass is 16.5. The van der Waals surface area contributed by atoms with Gasteiger partial charge in [-0.3, -0.25) is 0 Å². The van der Waals surface area contributed by atoms with Gasteiger partial charge in [-0.05, 0) is 60.9 Å². The Bertz CT molecular complexity index is 664. The van der Waals surface area contributed by atoms with E-state index in [9.17, 15) is 0 Å². The first-order valence-corrected chi connectivity index (χ1v) is 6.92. The molecule has 0 aliphatic carbocycles. The van der Waals surface area contributed by atoms with Gasteiger partial charge in [-0.25, -0.2) is 0 Å². The summed E-state index contributed by atoms with van der Waals surface area (Å²) in [5.74, 6) is 1.01. The van der Waals surface area contributed by atoms with Gasteiger partial charge >= 0.3 is 0 Å². The van der Waals surface area contributed by atoms with E-state index in [0.29, 0.717) is 0 Å². The number of aryl methyl sites for hydroxylation is 2. The fourth-order valence-electron chi connectivity index (χ4n) is 2.63. The van der Waals surface area contributed by atoms with Gasteiger partial charge < -0.3 is 15.4 Å². The van der Waals surface area contributed by atoms with Crippen LogP contribution in [0.3, 0.4) is 0 Å². The Balaban J connectivity index is 2.00. The minimum absolute atomic E-state index is 0.786. The lowest BCUT2D eigenvalue weighted by Gasteiger charge is -2.23. The molecule has 0 saturated heterocycles. The Morgan fingerprint density at radius 1 is 1.10 bits per heavy atom. The molecule has 0 radical (unpaired) electrons. The highest BCUT2D eigenvalue weighted by molar-refractivity contribution is 5.76. The van der Waals surface area contributed by atoms with Crippen molar-refractivity contribution in [3.05, 3.63) is 47.0 Å². The maximum atomic E-state index is 6.17. The molecule has 2 aromatic carbocycles. The van der Waals surface area contributed by atoms with Crippen molar-refractivity contribution in [2.45, 2.75) is 20.3 Å². The minimum atomic E-state index is 0.786. The molecule has 0 unspecified atom stereocenters. The smallest absolute Gasteiger partial charge is 0.122 e. The zero-order chi connectivity index (χ0) is 14.3. The number of benzene rings is 2. The molecule has 0 fully saturated rings. The Hall–Kier alpha value is -2.16. The molecule has 2 aromatic rings. The molecule has 1 heterocycles. The van der Waals surface area contributed by atoms with Crippen LogP contribution in [0.2, 0.25) is 0 Å². The molecule has 1 aliphatic heterocycles. The molecular weight excluding hydrogens is 248 g/mol. The van der Waals surface area contributed by atoms with Crippen LogP contribution in [0.25, 0.3) is 0 Å². The van der Waals surface area contributed by atoms with Gasteiger partial charge in [-0.1, -0.05) is 0 Å². The van der Waals surface area contributed by atoms with Gasteiger partial charge in [0.2, 0.25) is 0 Å². The first kappa shape index (κ1) is 12.9. The van der Waals surface area contributed by atoms with E-state index in [2.05, 4.69) is 44.0 Å². The van der Waals surface area contributed by atoms with Crippen LogP contribution in [0.15, 0.2) is 30.3 Å². The number of hydrogen-bond donors (Lipinski definition) is 1. The van der Waals surface area contributed by atoms with Crippen molar-refractivity contribution in [1.29, 1.82) is 0 Å². The maximum Gasteiger partial charge on any atom is 0.122 e. The van der Waals surface area contributed by atoms with E-state index >= 15 is 0 Å². The first-order chi connectivity index (χ1) is 9.56. The van der Waals surface area contributed by atoms with Crippen molar-refractivity contribution in [3.8, 4) is 5.75 Å². The summed E-state index contributed by atoms with van der Waals surface area (Å²) in [6, 6.07) is 10.5. The van der Waals surface area contributed by atoms with Gasteiger partial charge in [0.15, 0.2) is 0 Å². The third kappa shape index (κ3) is 2.09. The van der Waals surface area contributed by atoms with Crippen molar-refractivity contribution < 1.29 is 4.74 Å². The summed E-state index contributed by atoms with van der Waals surface area (Å²) in [4.78, 5) is 2.14. The van der Waals surface area contributed by atoms with Crippen LogP contribution in [0, 0.1) is 13.8 Å². The summed E-state index contributed by atoms with van der Waals surface area (Å²) in [6.45, 7) is 4.99. The second kappa shape index (κ2) is 4.75. The fourth-order valence-corrected chi connectivity index (χ4v) is 2.63. The van der Waals surface area contributed by atoms with Crippen LogP contribution in [0.4, 0.5) is 17.1 Å². The van der Waals surface area contributed by atoms with E-state index in [0.717, 1.165) is 35.8 Å². The molecule has 0 aromatic heterocycles. The van der Waals surface area contributed by atoms with Gasteiger partial charge in [0.25, 0.3) is 0 Å². The number of rotatable bonds is 2. The third-order valence-corrected chi connectivity index (χ3v) is 4.06. The highest BCUT2D eigenvalue weighted by Gasteiger charge is 2.15. The predicted molar refractivity (Wildman–Crippen MR) is 84.0 cm³/mol.